The predicted octanol–water partition coefficient (Wildman–Crippen LogP) is 2.39. The van der Waals surface area contributed by atoms with Gasteiger partial charge in [0.2, 0.25) is 5.91 Å². The van der Waals surface area contributed by atoms with Gasteiger partial charge in [-0.15, -0.1) is 5.10 Å². The Bertz CT molecular complexity index is 698. The second-order valence-corrected chi connectivity index (χ2v) is 6.33. The molecule has 7 nitrogen and oxygen atoms in total. The number of methoxy groups -OCH3 is 1. The second-order valence-electron chi connectivity index (χ2n) is 6.33. The molecule has 0 N–H and O–H groups in total. The van der Waals surface area contributed by atoms with Crippen LogP contribution in [0.4, 0.5) is 0 Å². The van der Waals surface area contributed by atoms with Gasteiger partial charge in [-0.3, -0.25) is 4.79 Å². The highest BCUT2D eigenvalue weighted by Crippen LogP contribution is 2.31. The van der Waals surface area contributed by atoms with Gasteiger partial charge >= 0.3 is 0 Å². The number of hydrogen-bond acceptors (Lipinski definition) is 5. The predicted molar refractivity (Wildman–Crippen MR) is 93.1 cm³/mol. The molecule has 1 amide bonds. The van der Waals surface area contributed by atoms with Gasteiger partial charge in [0.1, 0.15) is 12.3 Å². The average Bonchev–Trinajstić information content (AvgIpc) is 2.94. The number of nitrogens with zero attached hydrogens (tertiary/aromatic N) is 5. The minimum Gasteiger partial charge on any atom is -0.497 e. The Hall–Kier alpha value is -2.44. The van der Waals surface area contributed by atoms with E-state index in [1.165, 1.54) is 0 Å². The molecule has 2 heterocycles. The van der Waals surface area contributed by atoms with E-state index < -0.39 is 0 Å². The molecule has 1 aliphatic rings. The molecule has 2 aromatic rings. The maximum atomic E-state index is 13.0. The summed E-state index contributed by atoms with van der Waals surface area (Å²) in [6.45, 7) is 2.96. The molecule has 25 heavy (non-hydrogen) atoms. The molecule has 1 aromatic carbocycles. The highest BCUT2D eigenvalue weighted by atomic mass is 16.5. The maximum Gasteiger partial charge on any atom is 0.244 e. The molecule has 7 heteroatoms. The molecule has 1 aliphatic heterocycles. The molecule has 1 unspecified atom stereocenters. The summed E-state index contributed by atoms with van der Waals surface area (Å²) < 4.78 is 6.85. The van der Waals surface area contributed by atoms with E-state index in [0.717, 1.165) is 49.4 Å². The van der Waals surface area contributed by atoms with Crippen LogP contribution in [-0.2, 0) is 17.8 Å². The fourth-order valence-corrected chi connectivity index (χ4v) is 3.40. The zero-order chi connectivity index (χ0) is 17.6. The number of likely N-dealkylation sites (tertiary alicyclic amines) is 1. The van der Waals surface area contributed by atoms with Crippen LogP contribution in [0.5, 0.6) is 5.75 Å². The molecular formula is C18H25N5O2. The van der Waals surface area contributed by atoms with Crippen LogP contribution >= 0.6 is 0 Å². The van der Waals surface area contributed by atoms with Crippen LogP contribution in [-0.4, -0.2) is 44.7 Å². The Morgan fingerprint density at radius 1 is 1.24 bits per heavy atom. The Morgan fingerprint density at radius 2 is 2.04 bits per heavy atom. The highest BCUT2D eigenvalue weighted by Gasteiger charge is 2.27. The number of carbonyl (C=O) groups is 1. The molecule has 0 spiro atoms. The first-order chi connectivity index (χ1) is 12.2. The summed E-state index contributed by atoms with van der Waals surface area (Å²) in [4.78, 5) is 15.0. The molecule has 0 bridgehead atoms. The molecule has 1 saturated heterocycles. The Labute approximate surface area is 148 Å². The molecule has 1 fully saturated rings. The molecule has 1 aromatic heterocycles. The van der Waals surface area contributed by atoms with E-state index >= 15 is 0 Å². The Kier molecular flexibility index (Phi) is 5.63. The zero-order valence-electron chi connectivity index (χ0n) is 14.9. The van der Waals surface area contributed by atoms with Crippen molar-refractivity contribution in [1.82, 2.24) is 25.1 Å². The van der Waals surface area contributed by atoms with Gasteiger partial charge in [0.25, 0.3) is 0 Å². The van der Waals surface area contributed by atoms with Gasteiger partial charge in [0.05, 0.1) is 13.2 Å². The zero-order valence-corrected chi connectivity index (χ0v) is 14.9. The first-order valence-electron chi connectivity index (χ1n) is 8.91. The summed E-state index contributed by atoms with van der Waals surface area (Å²) >= 11 is 0. The van der Waals surface area contributed by atoms with E-state index in [4.69, 9.17) is 4.74 Å². The summed E-state index contributed by atoms with van der Waals surface area (Å²) in [6.07, 6.45) is 5.01. The third-order valence-corrected chi connectivity index (χ3v) is 4.78. The third-order valence-electron chi connectivity index (χ3n) is 4.78. The molecule has 0 aliphatic carbocycles. The van der Waals surface area contributed by atoms with Crippen molar-refractivity contribution in [2.75, 3.05) is 13.7 Å². The standard InChI is InChI=1S/C18H25N5O2/c1-3-17-19-20-21-23(17)13-18(24)22-12-6-4-5-7-16(22)14-8-10-15(25-2)11-9-14/h8-11,16H,3-7,12-13H2,1-2H3. The number of tetrazole rings is 1. The Balaban J connectivity index is 1.80. The lowest BCUT2D eigenvalue weighted by atomic mass is 10.0. The van der Waals surface area contributed by atoms with Crippen molar-refractivity contribution in [2.24, 2.45) is 0 Å². The number of amides is 1. The van der Waals surface area contributed by atoms with E-state index in [9.17, 15) is 4.79 Å². The second kappa shape index (κ2) is 8.09. The number of aromatic nitrogens is 4. The fourth-order valence-electron chi connectivity index (χ4n) is 3.40. The van der Waals surface area contributed by atoms with E-state index in [1.807, 2.05) is 24.0 Å². The van der Waals surface area contributed by atoms with Crippen molar-refractivity contribution in [3.63, 3.8) is 0 Å². The highest BCUT2D eigenvalue weighted by molar-refractivity contribution is 5.76. The van der Waals surface area contributed by atoms with Gasteiger partial charge in [0, 0.05) is 13.0 Å². The lowest BCUT2D eigenvalue weighted by molar-refractivity contribution is -0.134. The summed E-state index contributed by atoms with van der Waals surface area (Å²) in [5.41, 5.74) is 1.16. The van der Waals surface area contributed by atoms with Crippen LogP contribution < -0.4 is 4.74 Å². The smallest absolute Gasteiger partial charge is 0.244 e. The van der Waals surface area contributed by atoms with Crippen LogP contribution in [0, 0.1) is 0 Å². The van der Waals surface area contributed by atoms with E-state index in [-0.39, 0.29) is 18.5 Å². The van der Waals surface area contributed by atoms with Gasteiger partial charge in [-0.05, 0) is 41.0 Å². The van der Waals surface area contributed by atoms with Crippen LogP contribution in [0.3, 0.4) is 0 Å². The van der Waals surface area contributed by atoms with Gasteiger partial charge in [-0.25, -0.2) is 4.68 Å². The number of carbonyl (C=O) groups excluding carboxylic acids is 1. The van der Waals surface area contributed by atoms with Crippen LogP contribution in [0.25, 0.3) is 0 Å². The lowest BCUT2D eigenvalue weighted by Crippen LogP contribution is -2.37. The molecule has 0 saturated carbocycles. The quantitative estimate of drug-likeness (QED) is 0.833. The number of rotatable bonds is 5. The van der Waals surface area contributed by atoms with Gasteiger partial charge in [0.15, 0.2) is 5.82 Å². The number of benzene rings is 1. The van der Waals surface area contributed by atoms with E-state index in [2.05, 4.69) is 27.7 Å². The van der Waals surface area contributed by atoms with E-state index in [0.29, 0.717) is 6.42 Å². The summed E-state index contributed by atoms with van der Waals surface area (Å²) in [7, 11) is 1.66. The third kappa shape index (κ3) is 3.97. The van der Waals surface area contributed by atoms with E-state index in [1.54, 1.807) is 11.8 Å². The minimum absolute atomic E-state index is 0.0738. The summed E-state index contributed by atoms with van der Waals surface area (Å²) in [6, 6.07) is 8.13. The molecule has 3 rings (SSSR count). The van der Waals surface area contributed by atoms with Crippen molar-refractivity contribution < 1.29 is 9.53 Å². The normalized spacial score (nSPS) is 18.0. The van der Waals surface area contributed by atoms with Crippen molar-refractivity contribution in [3.8, 4) is 5.75 Å². The molecule has 1 atom stereocenters. The molecule has 134 valence electrons. The monoisotopic (exact) mass is 343 g/mol. The van der Waals surface area contributed by atoms with Crippen LogP contribution in [0.1, 0.15) is 50.0 Å². The summed E-state index contributed by atoms with van der Waals surface area (Å²) in [5, 5.41) is 11.6. The average molecular weight is 343 g/mol. The maximum absolute atomic E-state index is 13.0. The van der Waals surface area contributed by atoms with Crippen LogP contribution in [0.15, 0.2) is 24.3 Å². The largest absolute Gasteiger partial charge is 0.497 e. The molecule has 0 radical (unpaired) electrons. The first-order valence-corrected chi connectivity index (χ1v) is 8.91. The number of aryl methyl sites for hydroxylation is 1. The van der Waals surface area contributed by atoms with Crippen molar-refractivity contribution >= 4 is 5.91 Å². The van der Waals surface area contributed by atoms with Gasteiger partial charge in [-0.2, -0.15) is 0 Å². The topological polar surface area (TPSA) is 73.1 Å². The van der Waals surface area contributed by atoms with Crippen LogP contribution in [0.2, 0.25) is 0 Å². The van der Waals surface area contributed by atoms with Gasteiger partial charge in [-0.1, -0.05) is 31.9 Å². The number of ether oxygens (including phenoxy) is 1. The Morgan fingerprint density at radius 3 is 2.76 bits per heavy atom. The first kappa shape index (κ1) is 17.4. The molecular weight excluding hydrogens is 318 g/mol. The summed E-state index contributed by atoms with van der Waals surface area (Å²) in [5.74, 6) is 1.64. The fraction of sp³-hybridized carbons (Fsp3) is 0.556. The van der Waals surface area contributed by atoms with Crippen molar-refractivity contribution in [1.29, 1.82) is 0 Å². The lowest BCUT2D eigenvalue weighted by Gasteiger charge is -2.30. The van der Waals surface area contributed by atoms with Crippen molar-refractivity contribution in [2.45, 2.75) is 51.6 Å². The van der Waals surface area contributed by atoms with Gasteiger partial charge < -0.3 is 9.64 Å². The number of hydrogen-bond donors (Lipinski definition) is 0. The van der Waals surface area contributed by atoms with Crippen molar-refractivity contribution in [3.05, 3.63) is 35.7 Å². The minimum atomic E-state index is 0.0738. The SMILES string of the molecule is CCc1nnnn1CC(=O)N1CCCCCC1c1ccc(OC)cc1.